The standard InChI is InChI=1S/C13H24FN/c1-6-8-11(2)15-12(3)9-7-10-13(4,5)14/h6,11,15H,1,3,7-10H2,2,4-5H3. The largest absolute Gasteiger partial charge is 0.386 e. The van der Waals surface area contributed by atoms with Crippen molar-refractivity contribution in [1.29, 1.82) is 0 Å². The second-order valence-corrected chi connectivity index (χ2v) is 4.75. The van der Waals surface area contributed by atoms with E-state index in [2.05, 4.69) is 25.4 Å². The van der Waals surface area contributed by atoms with Crippen LogP contribution in [0.4, 0.5) is 4.39 Å². The summed E-state index contributed by atoms with van der Waals surface area (Å²) in [5.74, 6) is 0. The molecule has 0 saturated carbocycles. The molecule has 1 N–H and O–H groups in total. The number of hydrogen-bond acceptors (Lipinski definition) is 1. The predicted molar refractivity (Wildman–Crippen MR) is 65.6 cm³/mol. The maximum atomic E-state index is 13.2. The minimum Gasteiger partial charge on any atom is -0.386 e. The van der Waals surface area contributed by atoms with Gasteiger partial charge in [0.2, 0.25) is 0 Å². The van der Waals surface area contributed by atoms with Gasteiger partial charge in [0.15, 0.2) is 0 Å². The van der Waals surface area contributed by atoms with Gasteiger partial charge < -0.3 is 5.32 Å². The molecule has 0 radical (unpaired) electrons. The van der Waals surface area contributed by atoms with Crippen LogP contribution >= 0.6 is 0 Å². The van der Waals surface area contributed by atoms with Gasteiger partial charge in [-0.05, 0) is 46.5 Å². The molecule has 15 heavy (non-hydrogen) atoms. The van der Waals surface area contributed by atoms with Crippen molar-refractivity contribution in [2.75, 3.05) is 0 Å². The van der Waals surface area contributed by atoms with E-state index in [4.69, 9.17) is 0 Å². The Bertz CT molecular complexity index is 203. The fourth-order valence-corrected chi connectivity index (χ4v) is 1.45. The molecule has 0 saturated heterocycles. The lowest BCUT2D eigenvalue weighted by atomic mass is 10.0. The van der Waals surface area contributed by atoms with Gasteiger partial charge >= 0.3 is 0 Å². The number of allylic oxidation sites excluding steroid dienone is 1. The van der Waals surface area contributed by atoms with E-state index < -0.39 is 5.67 Å². The molecule has 0 bridgehead atoms. The average molecular weight is 213 g/mol. The van der Waals surface area contributed by atoms with E-state index in [-0.39, 0.29) is 0 Å². The normalized spacial score (nSPS) is 13.3. The van der Waals surface area contributed by atoms with Crippen LogP contribution < -0.4 is 5.32 Å². The van der Waals surface area contributed by atoms with Crippen LogP contribution in [-0.2, 0) is 0 Å². The summed E-state index contributed by atoms with van der Waals surface area (Å²) in [6.07, 6.45) is 5.08. The second-order valence-electron chi connectivity index (χ2n) is 4.75. The first-order valence-electron chi connectivity index (χ1n) is 5.59. The van der Waals surface area contributed by atoms with Crippen LogP contribution in [-0.4, -0.2) is 11.7 Å². The summed E-state index contributed by atoms with van der Waals surface area (Å²) in [6.45, 7) is 12.9. The average Bonchev–Trinajstić information content (AvgIpc) is 2.01. The molecule has 0 aliphatic heterocycles. The minimum atomic E-state index is -1.06. The zero-order valence-electron chi connectivity index (χ0n) is 10.3. The summed E-state index contributed by atoms with van der Waals surface area (Å²) >= 11 is 0. The van der Waals surface area contributed by atoms with Gasteiger partial charge in [0.1, 0.15) is 5.67 Å². The fourth-order valence-electron chi connectivity index (χ4n) is 1.45. The van der Waals surface area contributed by atoms with Gasteiger partial charge in [-0.15, -0.1) is 6.58 Å². The lowest BCUT2D eigenvalue weighted by Crippen LogP contribution is -2.24. The van der Waals surface area contributed by atoms with E-state index in [1.807, 2.05) is 6.08 Å². The van der Waals surface area contributed by atoms with Gasteiger partial charge in [0.05, 0.1) is 0 Å². The third kappa shape index (κ3) is 9.51. The molecule has 0 fully saturated rings. The lowest BCUT2D eigenvalue weighted by molar-refractivity contribution is 0.197. The van der Waals surface area contributed by atoms with Gasteiger partial charge in [-0.3, -0.25) is 0 Å². The fraction of sp³-hybridized carbons (Fsp3) is 0.692. The van der Waals surface area contributed by atoms with Crippen molar-refractivity contribution in [2.45, 2.75) is 58.2 Å². The van der Waals surface area contributed by atoms with E-state index in [9.17, 15) is 4.39 Å². The third-order valence-electron chi connectivity index (χ3n) is 2.22. The SMILES string of the molecule is C=CCC(C)NC(=C)CCCC(C)(C)F. The Morgan fingerprint density at radius 1 is 1.53 bits per heavy atom. The minimum absolute atomic E-state index is 0.369. The lowest BCUT2D eigenvalue weighted by Gasteiger charge is -2.17. The predicted octanol–water partition coefficient (Wildman–Crippen LogP) is 3.97. The zero-order valence-corrected chi connectivity index (χ0v) is 10.3. The Kier molecular flexibility index (Phi) is 6.30. The number of nitrogens with one attached hydrogen (secondary N) is 1. The third-order valence-corrected chi connectivity index (χ3v) is 2.22. The van der Waals surface area contributed by atoms with Crippen LogP contribution in [0.2, 0.25) is 0 Å². The van der Waals surface area contributed by atoms with Crippen LogP contribution in [0.15, 0.2) is 24.9 Å². The quantitative estimate of drug-likeness (QED) is 0.601. The summed E-state index contributed by atoms with van der Waals surface area (Å²) < 4.78 is 13.2. The maximum absolute atomic E-state index is 13.2. The molecule has 0 aliphatic carbocycles. The summed E-state index contributed by atoms with van der Waals surface area (Å²) in [6, 6.07) is 0.369. The Morgan fingerprint density at radius 2 is 2.13 bits per heavy atom. The summed E-state index contributed by atoms with van der Waals surface area (Å²) in [5, 5.41) is 3.28. The van der Waals surface area contributed by atoms with E-state index in [0.29, 0.717) is 12.5 Å². The molecule has 0 spiro atoms. The number of halogens is 1. The summed E-state index contributed by atoms with van der Waals surface area (Å²) in [5.41, 5.74) is -0.0684. The van der Waals surface area contributed by atoms with E-state index in [1.165, 1.54) is 0 Å². The number of hydrogen-bond donors (Lipinski definition) is 1. The van der Waals surface area contributed by atoms with Crippen LogP contribution in [0.25, 0.3) is 0 Å². The molecule has 1 nitrogen and oxygen atoms in total. The van der Waals surface area contributed by atoms with Crippen LogP contribution in [0.3, 0.4) is 0 Å². The second kappa shape index (κ2) is 6.65. The highest BCUT2D eigenvalue weighted by Gasteiger charge is 2.14. The van der Waals surface area contributed by atoms with Crippen molar-refractivity contribution < 1.29 is 4.39 Å². The summed E-state index contributed by atoms with van der Waals surface area (Å²) in [7, 11) is 0. The molecule has 0 aromatic heterocycles. The first kappa shape index (κ1) is 14.2. The number of rotatable bonds is 8. The molecule has 0 amide bonds. The van der Waals surface area contributed by atoms with E-state index in [0.717, 1.165) is 25.0 Å². The molecule has 0 heterocycles. The molecule has 0 rings (SSSR count). The zero-order chi connectivity index (χ0) is 11.9. The first-order chi connectivity index (χ1) is 6.85. The molecule has 1 unspecified atom stereocenters. The molecule has 88 valence electrons. The molecule has 2 heteroatoms. The maximum Gasteiger partial charge on any atom is 0.105 e. The topological polar surface area (TPSA) is 12.0 Å². The van der Waals surface area contributed by atoms with E-state index in [1.54, 1.807) is 13.8 Å². The molecule has 0 aliphatic rings. The van der Waals surface area contributed by atoms with Gasteiger partial charge in [0.25, 0.3) is 0 Å². The van der Waals surface area contributed by atoms with Crippen molar-refractivity contribution in [3.05, 3.63) is 24.9 Å². The highest BCUT2D eigenvalue weighted by atomic mass is 19.1. The van der Waals surface area contributed by atoms with E-state index >= 15 is 0 Å². The first-order valence-corrected chi connectivity index (χ1v) is 5.59. The van der Waals surface area contributed by atoms with Crippen molar-refractivity contribution >= 4 is 0 Å². The van der Waals surface area contributed by atoms with Crippen LogP contribution in [0.1, 0.15) is 46.5 Å². The van der Waals surface area contributed by atoms with Crippen LogP contribution in [0, 0.1) is 0 Å². The monoisotopic (exact) mass is 213 g/mol. The summed E-state index contributed by atoms with van der Waals surface area (Å²) in [4.78, 5) is 0. The Balaban J connectivity index is 3.62. The molecular formula is C13H24FN. The molecule has 0 aromatic rings. The van der Waals surface area contributed by atoms with Gasteiger partial charge in [0, 0.05) is 11.7 Å². The highest BCUT2D eigenvalue weighted by molar-refractivity contribution is 4.94. The molecule has 0 aromatic carbocycles. The Morgan fingerprint density at radius 3 is 2.60 bits per heavy atom. The van der Waals surface area contributed by atoms with Gasteiger partial charge in [-0.1, -0.05) is 12.7 Å². The van der Waals surface area contributed by atoms with Crippen molar-refractivity contribution in [2.24, 2.45) is 0 Å². The van der Waals surface area contributed by atoms with Gasteiger partial charge in [-0.2, -0.15) is 0 Å². The Labute approximate surface area is 93.5 Å². The highest BCUT2D eigenvalue weighted by Crippen LogP contribution is 2.18. The molecular weight excluding hydrogens is 189 g/mol. The Hall–Kier alpha value is -0.790. The van der Waals surface area contributed by atoms with Crippen LogP contribution in [0.5, 0.6) is 0 Å². The smallest absolute Gasteiger partial charge is 0.105 e. The van der Waals surface area contributed by atoms with Gasteiger partial charge in [-0.25, -0.2) is 4.39 Å². The molecule has 1 atom stereocenters. The van der Waals surface area contributed by atoms with Crippen molar-refractivity contribution in [3.63, 3.8) is 0 Å². The van der Waals surface area contributed by atoms with Crippen molar-refractivity contribution in [3.8, 4) is 0 Å². The number of alkyl halides is 1. The van der Waals surface area contributed by atoms with Crippen molar-refractivity contribution in [1.82, 2.24) is 5.32 Å².